The van der Waals surface area contributed by atoms with Gasteiger partial charge in [-0.2, -0.15) is 0 Å². The van der Waals surface area contributed by atoms with Crippen molar-refractivity contribution in [2.45, 2.75) is 19.1 Å². The number of fused-ring (bicyclic) bond motifs is 1. The zero-order valence-corrected chi connectivity index (χ0v) is 12.8. The van der Waals surface area contributed by atoms with Crippen LogP contribution >= 0.6 is 0 Å². The van der Waals surface area contributed by atoms with E-state index < -0.39 is 12.1 Å². The fraction of sp³-hybridized carbons (Fsp3) is 0.400. The Balaban J connectivity index is 1.74. The first-order valence-electron chi connectivity index (χ1n) is 7.48. The molecule has 1 aliphatic heterocycles. The number of hydrogen-bond donors (Lipinski definition) is 1. The summed E-state index contributed by atoms with van der Waals surface area (Å²) in [5.74, 6) is -1.30. The van der Waals surface area contributed by atoms with E-state index >= 15 is 0 Å². The molecule has 126 valence electrons. The van der Waals surface area contributed by atoms with Crippen LogP contribution in [0.25, 0.3) is 10.9 Å². The molecule has 0 radical (unpaired) electrons. The number of carbonyl (C=O) groups excluding carboxylic acids is 1. The summed E-state index contributed by atoms with van der Waals surface area (Å²) in [5, 5.41) is 16.9. The molecule has 9 nitrogen and oxygen atoms in total. The van der Waals surface area contributed by atoms with Crippen LogP contribution in [-0.4, -0.2) is 62.7 Å². The van der Waals surface area contributed by atoms with E-state index in [0.29, 0.717) is 17.4 Å². The standard InChI is InChI=1S/C15H16N4O5/c20-13(18-5-6-24-10(8-18)7-14(21)22)9-19-15(23)11-3-1-2-4-12(11)16-17-19/h1-4,10H,5-9H2,(H,21,22). The van der Waals surface area contributed by atoms with E-state index in [1.54, 1.807) is 24.3 Å². The van der Waals surface area contributed by atoms with Crippen molar-refractivity contribution in [3.63, 3.8) is 0 Å². The van der Waals surface area contributed by atoms with Crippen molar-refractivity contribution in [1.29, 1.82) is 0 Å². The third kappa shape index (κ3) is 3.40. The molecule has 1 saturated heterocycles. The number of morpholine rings is 1. The van der Waals surface area contributed by atoms with Crippen LogP contribution in [0.4, 0.5) is 0 Å². The Morgan fingerprint density at radius 3 is 2.92 bits per heavy atom. The van der Waals surface area contributed by atoms with E-state index in [2.05, 4.69) is 10.3 Å². The monoisotopic (exact) mass is 332 g/mol. The number of aromatic nitrogens is 3. The fourth-order valence-electron chi connectivity index (χ4n) is 2.62. The molecule has 2 heterocycles. The largest absolute Gasteiger partial charge is 0.481 e. The average molecular weight is 332 g/mol. The zero-order valence-electron chi connectivity index (χ0n) is 12.8. The molecule has 1 atom stereocenters. The molecule has 0 spiro atoms. The molecule has 1 fully saturated rings. The molecule has 9 heteroatoms. The average Bonchev–Trinajstić information content (AvgIpc) is 2.57. The number of ether oxygens (including phenoxy) is 1. The van der Waals surface area contributed by atoms with Gasteiger partial charge in [0.15, 0.2) is 0 Å². The van der Waals surface area contributed by atoms with Gasteiger partial charge < -0.3 is 14.7 Å². The van der Waals surface area contributed by atoms with Crippen LogP contribution < -0.4 is 5.56 Å². The van der Waals surface area contributed by atoms with Crippen LogP contribution in [0.2, 0.25) is 0 Å². The maximum Gasteiger partial charge on any atom is 0.306 e. The smallest absolute Gasteiger partial charge is 0.306 e. The molecule has 3 rings (SSSR count). The minimum absolute atomic E-state index is 0.167. The van der Waals surface area contributed by atoms with E-state index in [-0.39, 0.29) is 37.6 Å². The van der Waals surface area contributed by atoms with Gasteiger partial charge in [-0.05, 0) is 12.1 Å². The minimum Gasteiger partial charge on any atom is -0.481 e. The Morgan fingerprint density at radius 1 is 1.33 bits per heavy atom. The molecule has 1 unspecified atom stereocenters. The van der Waals surface area contributed by atoms with Crippen LogP contribution in [0.5, 0.6) is 0 Å². The molecule has 1 aliphatic rings. The van der Waals surface area contributed by atoms with Gasteiger partial charge in [0, 0.05) is 13.1 Å². The van der Waals surface area contributed by atoms with Crippen molar-refractivity contribution in [3.8, 4) is 0 Å². The summed E-state index contributed by atoms with van der Waals surface area (Å²) in [6, 6.07) is 6.78. The van der Waals surface area contributed by atoms with Gasteiger partial charge >= 0.3 is 5.97 Å². The van der Waals surface area contributed by atoms with Crippen molar-refractivity contribution in [1.82, 2.24) is 19.9 Å². The van der Waals surface area contributed by atoms with Gasteiger partial charge in [-0.25, -0.2) is 4.68 Å². The Labute approximate surface area is 136 Å². The number of carboxylic acid groups (broad SMARTS) is 1. The predicted octanol–water partition coefficient (Wildman–Crippen LogP) is -0.506. The van der Waals surface area contributed by atoms with Gasteiger partial charge in [-0.3, -0.25) is 14.4 Å². The summed E-state index contributed by atoms with van der Waals surface area (Å²) >= 11 is 0. The van der Waals surface area contributed by atoms with Crippen molar-refractivity contribution in [3.05, 3.63) is 34.6 Å². The third-order valence-corrected chi connectivity index (χ3v) is 3.81. The summed E-state index contributed by atoms with van der Waals surface area (Å²) in [6.07, 6.45) is -0.709. The second-order valence-corrected chi connectivity index (χ2v) is 5.50. The highest BCUT2D eigenvalue weighted by Crippen LogP contribution is 2.10. The van der Waals surface area contributed by atoms with Gasteiger partial charge in [0.2, 0.25) is 5.91 Å². The van der Waals surface area contributed by atoms with Crippen LogP contribution in [-0.2, 0) is 20.9 Å². The zero-order chi connectivity index (χ0) is 17.1. The van der Waals surface area contributed by atoms with E-state index in [9.17, 15) is 14.4 Å². The first-order chi connectivity index (χ1) is 11.5. The third-order valence-electron chi connectivity index (χ3n) is 3.81. The van der Waals surface area contributed by atoms with Gasteiger partial charge in [-0.1, -0.05) is 17.3 Å². The second-order valence-electron chi connectivity index (χ2n) is 5.50. The first-order valence-corrected chi connectivity index (χ1v) is 7.48. The quantitative estimate of drug-likeness (QED) is 0.802. The molecule has 1 aromatic carbocycles. The van der Waals surface area contributed by atoms with Crippen molar-refractivity contribution in [2.75, 3.05) is 19.7 Å². The van der Waals surface area contributed by atoms with Gasteiger partial charge in [0.1, 0.15) is 12.1 Å². The van der Waals surface area contributed by atoms with Gasteiger partial charge in [-0.15, -0.1) is 5.10 Å². The SMILES string of the molecule is O=C(O)CC1CN(C(=O)Cn2nnc3ccccc3c2=O)CCO1. The Bertz CT molecular complexity index is 834. The molecule has 24 heavy (non-hydrogen) atoms. The second kappa shape index (κ2) is 6.75. The van der Waals surface area contributed by atoms with Gasteiger partial charge in [0.05, 0.1) is 24.5 Å². The lowest BCUT2D eigenvalue weighted by atomic mass is 10.2. The number of amides is 1. The normalized spacial score (nSPS) is 17.8. The number of aliphatic carboxylic acids is 1. The molecular formula is C15H16N4O5. The number of carbonyl (C=O) groups is 2. The van der Waals surface area contributed by atoms with Crippen molar-refractivity contribution < 1.29 is 19.4 Å². The number of benzene rings is 1. The maximum atomic E-state index is 12.4. The molecule has 2 aromatic rings. The minimum atomic E-state index is -0.981. The van der Waals surface area contributed by atoms with E-state index in [1.165, 1.54) is 4.90 Å². The molecule has 1 amide bonds. The highest BCUT2D eigenvalue weighted by Gasteiger charge is 2.26. The van der Waals surface area contributed by atoms with Crippen LogP contribution in [0.1, 0.15) is 6.42 Å². The van der Waals surface area contributed by atoms with E-state index in [0.717, 1.165) is 4.68 Å². The van der Waals surface area contributed by atoms with Crippen LogP contribution in [0, 0.1) is 0 Å². The van der Waals surface area contributed by atoms with Crippen LogP contribution in [0.15, 0.2) is 29.1 Å². The molecule has 0 aliphatic carbocycles. The molecule has 1 N–H and O–H groups in total. The Kier molecular flexibility index (Phi) is 4.52. The van der Waals surface area contributed by atoms with Crippen molar-refractivity contribution >= 4 is 22.8 Å². The molecule has 0 saturated carbocycles. The highest BCUT2D eigenvalue weighted by atomic mass is 16.5. The maximum absolute atomic E-state index is 12.4. The topological polar surface area (TPSA) is 115 Å². The highest BCUT2D eigenvalue weighted by molar-refractivity contribution is 5.78. The number of carboxylic acids is 1. The lowest BCUT2D eigenvalue weighted by Crippen LogP contribution is -2.48. The number of hydrogen-bond acceptors (Lipinski definition) is 6. The van der Waals surface area contributed by atoms with E-state index in [4.69, 9.17) is 9.84 Å². The summed E-state index contributed by atoms with van der Waals surface area (Å²) in [5.41, 5.74) is 0.0865. The number of nitrogens with zero attached hydrogens (tertiary/aromatic N) is 4. The summed E-state index contributed by atoms with van der Waals surface area (Å²) in [7, 11) is 0. The summed E-state index contributed by atoms with van der Waals surface area (Å²) in [4.78, 5) is 37.0. The van der Waals surface area contributed by atoms with Gasteiger partial charge in [0.25, 0.3) is 5.56 Å². The van der Waals surface area contributed by atoms with E-state index in [1.807, 2.05) is 0 Å². The Hall–Kier alpha value is -2.81. The lowest BCUT2D eigenvalue weighted by Gasteiger charge is -2.32. The first kappa shape index (κ1) is 16.1. The van der Waals surface area contributed by atoms with Crippen molar-refractivity contribution in [2.24, 2.45) is 0 Å². The van der Waals surface area contributed by atoms with Crippen LogP contribution in [0.3, 0.4) is 0 Å². The fourth-order valence-corrected chi connectivity index (χ4v) is 2.62. The summed E-state index contributed by atoms with van der Waals surface area (Å²) < 4.78 is 6.35. The molecule has 0 bridgehead atoms. The Morgan fingerprint density at radius 2 is 2.12 bits per heavy atom. The molecular weight excluding hydrogens is 316 g/mol. The molecule has 1 aromatic heterocycles. The summed E-state index contributed by atoms with van der Waals surface area (Å²) in [6.45, 7) is 0.560. The number of rotatable bonds is 4. The lowest BCUT2D eigenvalue weighted by molar-refractivity contribution is -0.148. The predicted molar refractivity (Wildman–Crippen MR) is 82.4 cm³/mol.